The molecule has 0 aromatic carbocycles. The Morgan fingerprint density at radius 2 is 2.04 bits per heavy atom. The Hall–Kier alpha value is -1.69. The van der Waals surface area contributed by atoms with Gasteiger partial charge in [-0.15, -0.1) is 11.3 Å². The lowest BCUT2D eigenvalue weighted by molar-refractivity contribution is -0.122. The molecule has 1 amide bonds. The topological polar surface area (TPSA) is 64.0 Å². The summed E-state index contributed by atoms with van der Waals surface area (Å²) >= 11 is 1.64. The summed E-state index contributed by atoms with van der Waals surface area (Å²) in [5, 5.41) is 3.73. The number of aryl methyl sites for hydroxylation is 2. The molecule has 0 fully saturated rings. The van der Waals surface area contributed by atoms with E-state index in [1.165, 1.54) is 27.8 Å². The van der Waals surface area contributed by atoms with Crippen molar-refractivity contribution in [3.8, 4) is 0 Å². The third kappa shape index (κ3) is 4.11. The fraction of sp³-hybridized carbons (Fsp3) is 0.632. The van der Waals surface area contributed by atoms with E-state index in [-0.39, 0.29) is 24.1 Å². The molecule has 2 heterocycles. The molecule has 25 heavy (non-hydrogen) atoms. The molecule has 5 nitrogen and oxygen atoms in total. The summed E-state index contributed by atoms with van der Waals surface area (Å²) in [6.45, 7) is 6.41. The number of carbonyl (C=O) groups is 1. The third-order valence-electron chi connectivity index (χ3n) is 4.84. The molecule has 1 aliphatic carbocycles. The molecule has 3 rings (SSSR count). The molecule has 6 heteroatoms. The zero-order valence-electron chi connectivity index (χ0n) is 15.3. The molecule has 1 N–H and O–H groups in total. The Labute approximate surface area is 152 Å². The van der Waals surface area contributed by atoms with Crippen LogP contribution in [0.2, 0.25) is 0 Å². The van der Waals surface area contributed by atoms with E-state index in [2.05, 4.69) is 24.1 Å². The van der Waals surface area contributed by atoms with Crippen molar-refractivity contribution in [3.05, 3.63) is 27.1 Å². The molecule has 1 atom stereocenters. The molecular weight excluding hydrogens is 334 g/mol. The van der Waals surface area contributed by atoms with Crippen LogP contribution in [0, 0.1) is 5.92 Å². The van der Waals surface area contributed by atoms with Crippen LogP contribution in [0.25, 0.3) is 10.2 Å². The van der Waals surface area contributed by atoms with Gasteiger partial charge in [0.05, 0.1) is 11.7 Å². The predicted octanol–water partition coefficient (Wildman–Crippen LogP) is 3.28. The Morgan fingerprint density at radius 3 is 2.80 bits per heavy atom. The van der Waals surface area contributed by atoms with Crippen LogP contribution in [0.3, 0.4) is 0 Å². The lowest BCUT2D eigenvalue weighted by Gasteiger charge is -2.15. The van der Waals surface area contributed by atoms with Crippen LogP contribution < -0.4 is 10.9 Å². The van der Waals surface area contributed by atoms with E-state index in [0.29, 0.717) is 5.92 Å². The number of nitrogens with zero attached hydrogens (tertiary/aromatic N) is 2. The maximum Gasteiger partial charge on any atom is 0.262 e. The molecule has 136 valence electrons. The lowest BCUT2D eigenvalue weighted by Crippen LogP contribution is -2.37. The molecule has 2 aromatic rings. The molecular formula is C19H27N3O2S. The lowest BCUT2D eigenvalue weighted by atomic mass is 9.97. The van der Waals surface area contributed by atoms with Gasteiger partial charge in [-0.05, 0) is 56.9 Å². The molecule has 0 unspecified atom stereocenters. The Kier molecular flexibility index (Phi) is 5.57. The van der Waals surface area contributed by atoms with Crippen LogP contribution in [0.4, 0.5) is 0 Å². The van der Waals surface area contributed by atoms with E-state index in [4.69, 9.17) is 0 Å². The second-order valence-corrected chi connectivity index (χ2v) is 8.59. The number of aromatic nitrogens is 2. The SMILES string of the molecule is CC(C)CC[C@@H](C)NC(=O)Cn1cnc2sc3c(c2c1=O)CCCC3. The molecule has 1 aliphatic rings. The fourth-order valence-corrected chi connectivity index (χ4v) is 4.64. The quantitative estimate of drug-likeness (QED) is 0.859. The Balaban J connectivity index is 1.74. The van der Waals surface area contributed by atoms with Gasteiger partial charge in [-0.3, -0.25) is 14.2 Å². The van der Waals surface area contributed by atoms with Crippen LogP contribution in [0.5, 0.6) is 0 Å². The van der Waals surface area contributed by atoms with E-state index in [1.807, 2.05) is 6.92 Å². The number of thiophene rings is 1. The fourth-order valence-electron chi connectivity index (χ4n) is 3.42. The van der Waals surface area contributed by atoms with Gasteiger partial charge < -0.3 is 5.32 Å². The van der Waals surface area contributed by atoms with E-state index < -0.39 is 0 Å². The molecule has 0 bridgehead atoms. The van der Waals surface area contributed by atoms with Crippen molar-refractivity contribution >= 4 is 27.5 Å². The average Bonchev–Trinajstić information content (AvgIpc) is 2.94. The van der Waals surface area contributed by atoms with Crippen molar-refractivity contribution in [3.63, 3.8) is 0 Å². The van der Waals surface area contributed by atoms with Crippen molar-refractivity contribution in [2.75, 3.05) is 0 Å². The standard InChI is InChI=1S/C19H27N3O2S/c1-12(2)8-9-13(3)21-16(23)10-22-11-20-18-17(19(22)24)14-6-4-5-7-15(14)25-18/h11-13H,4-10H2,1-3H3,(H,21,23)/t13-/m1/s1. The highest BCUT2D eigenvalue weighted by molar-refractivity contribution is 7.18. The number of hydrogen-bond acceptors (Lipinski definition) is 4. The van der Waals surface area contributed by atoms with Crippen molar-refractivity contribution in [2.24, 2.45) is 5.92 Å². The van der Waals surface area contributed by atoms with E-state index >= 15 is 0 Å². The second-order valence-electron chi connectivity index (χ2n) is 7.51. The third-order valence-corrected chi connectivity index (χ3v) is 6.04. The highest BCUT2D eigenvalue weighted by Crippen LogP contribution is 2.33. The number of hydrogen-bond donors (Lipinski definition) is 1. The maximum absolute atomic E-state index is 12.8. The first-order valence-electron chi connectivity index (χ1n) is 9.24. The first kappa shape index (κ1) is 18.1. The number of amides is 1. The largest absolute Gasteiger partial charge is 0.352 e. The summed E-state index contributed by atoms with van der Waals surface area (Å²) in [5.74, 6) is 0.502. The van der Waals surface area contributed by atoms with Crippen LogP contribution in [-0.4, -0.2) is 21.5 Å². The minimum Gasteiger partial charge on any atom is -0.352 e. The zero-order chi connectivity index (χ0) is 18.0. The van der Waals surface area contributed by atoms with Crippen LogP contribution in [0.15, 0.2) is 11.1 Å². The van der Waals surface area contributed by atoms with Gasteiger partial charge in [0, 0.05) is 10.9 Å². The average molecular weight is 362 g/mol. The zero-order valence-corrected chi connectivity index (χ0v) is 16.1. The van der Waals surface area contributed by atoms with Crippen molar-refractivity contribution < 1.29 is 4.79 Å². The van der Waals surface area contributed by atoms with Gasteiger partial charge in [0.25, 0.3) is 5.56 Å². The summed E-state index contributed by atoms with van der Waals surface area (Å²) in [5.41, 5.74) is 1.10. The highest BCUT2D eigenvalue weighted by Gasteiger charge is 2.20. The second kappa shape index (κ2) is 7.68. The van der Waals surface area contributed by atoms with E-state index in [9.17, 15) is 9.59 Å². The van der Waals surface area contributed by atoms with E-state index in [1.54, 1.807) is 11.3 Å². The van der Waals surface area contributed by atoms with Crippen molar-refractivity contribution in [1.82, 2.24) is 14.9 Å². The minimum absolute atomic E-state index is 0.0401. The maximum atomic E-state index is 12.8. The van der Waals surface area contributed by atoms with Gasteiger partial charge in [-0.2, -0.15) is 0 Å². The van der Waals surface area contributed by atoms with Gasteiger partial charge in [0.2, 0.25) is 5.91 Å². The number of nitrogens with one attached hydrogen (secondary N) is 1. The first-order chi connectivity index (χ1) is 12.0. The van der Waals surface area contributed by atoms with Crippen molar-refractivity contribution in [2.45, 2.75) is 71.9 Å². The molecule has 0 spiro atoms. The van der Waals surface area contributed by atoms with Gasteiger partial charge >= 0.3 is 0 Å². The van der Waals surface area contributed by atoms with Gasteiger partial charge in [0.15, 0.2) is 0 Å². The summed E-state index contributed by atoms with van der Waals surface area (Å²) in [4.78, 5) is 31.7. The number of carbonyl (C=O) groups excluding carboxylic acids is 1. The monoisotopic (exact) mass is 361 g/mol. The molecule has 0 radical (unpaired) electrons. The van der Waals surface area contributed by atoms with Gasteiger partial charge in [-0.25, -0.2) is 4.98 Å². The number of rotatable bonds is 6. The molecule has 2 aromatic heterocycles. The Bertz CT molecular complexity index is 822. The summed E-state index contributed by atoms with van der Waals surface area (Å²) < 4.78 is 1.45. The normalized spacial score (nSPS) is 15.4. The predicted molar refractivity (Wildman–Crippen MR) is 102 cm³/mol. The first-order valence-corrected chi connectivity index (χ1v) is 10.1. The smallest absolute Gasteiger partial charge is 0.262 e. The van der Waals surface area contributed by atoms with Crippen LogP contribution in [0.1, 0.15) is 56.9 Å². The minimum atomic E-state index is -0.122. The van der Waals surface area contributed by atoms with Crippen LogP contribution in [-0.2, 0) is 24.2 Å². The van der Waals surface area contributed by atoms with Gasteiger partial charge in [-0.1, -0.05) is 13.8 Å². The van der Waals surface area contributed by atoms with Gasteiger partial charge in [0.1, 0.15) is 11.4 Å². The molecule has 0 saturated carbocycles. The summed E-state index contributed by atoms with van der Waals surface area (Å²) in [6, 6.07) is 0.121. The summed E-state index contributed by atoms with van der Waals surface area (Å²) in [6.07, 6.45) is 7.86. The number of fused-ring (bicyclic) bond motifs is 3. The van der Waals surface area contributed by atoms with E-state index in [0.717, 1.165) is 42.3 Å². The molecule has 0 aliphatic heterocycles. The highest BCUT2D eigenvalue weighted by atomic mass is 32.1. The van der Waals surface area contributed by atoms with Crippen molar-refractivity contribution in [1.29, 1.82) is 0 Å². The Morgan fingerprint density at radius 1 is 1.28 bits per heavy atom. The molecule has 0 saturated heterocycles. The summed E-state index contributed by atoms with van der Waals surface area (Å²) in [7, 11) is 0. The van der Waals surface area contributed by atoms with Crippen LogP contribution >= 0.6 is 11.3 Å².